The molecule has 0 aromatic carbocycles. The molecule has 0 aromatic rings. The van der Waals surface area contributed by atoms with Crippen LogP contribution in [0.3, 0.4) is 0 Å². The highest BCUT2D eigenvalue weighted by molar-refractivity contribution is 5.63. The second-order valence-corrected chi connectivity index (χ2v) is 2.65. The molecule has 2 heteroatoms. The lowest BCUT2D eigenvalue weighted by molar-refractivity contribution is 0.436. The molecule has 1 aliphatic rings. The number of nitrogens with zero attached hydrogens (tertiary/aromatic N) is 2. The van der Waals surface area contributed by atoms with Gasteiger partial charge in [0.25, 0.3) is 0 Å². The summed E-state index contributed by atoms with van der Waals surface area (Å²) in [5, 5.41) is 0. The minimum Gasteiger partial charge on any atom is -0.256 e. The van der Waals surface area contributed by atoms with Gasteiger partial charge in [0.2, 0.25) is 0 Å². The third kappa shape index (κ3) is 1.77. The van der Waals surface area contributed by atoms with Gasteiger partial charge in [-0.2, -0.15) is 4.67 Å². The summed E-state index contributed by atoms with van der Waals surface area (Å²) in [5.74, 6) is 3.50. The van der Waals surface area contributed by atoms with E-state index in [9.17, 15) is 0 Å². The molecule has 0 N–H and O–H groups in total. The summed E-state index contributed by atoms with van der Waals surface area (Å²) in [5.41, 5.74) is 0. The summed E-state index contributed by atoms with van der Waals surface area (Å²) < 4.78 is 3.95. The molecular formula is C8H13N2+. The van der Waals surface area contributed by atoms with Crippen LogP contribution in [0.1, 0.15) is 13.3 Å². The molecular weight excluding hydrogens is 124 g/mol. The van der Waals surface area contributed by atoms with Crippen LogP contribution in [0, 0.1) is 5.92 Å². The molecule has 0 saturated carbocycles. The Balaban J connectivity index is 2.70. The SMILES string of the molecule is CCC1C=C=[N+]=CN(C)C1. The summed E-state index contributed by atoms with van der Waals surface area (Å²) in [6.07, 6.45) is 5.02. The third-order valence-electron chi connectivity index (χ3n) is 1.69. The lowest BCUT2D eigenvalue weighted by Gasteiger charge is -2.08. The van der Waals surface area contributed by atoms with Crippen LogP contribution in [-0.4, -0.2) is 30.7 Å². The number of hydrogen-bond acceptors (Lipinski definition) is 1. The van der Waals surface area contributed by atoms with Crippen molar-refractivity contribution in [1.82, 2.24) is 9.57 Å². The molecule has 1 atom stereocenters. The van der Waals surface area contributed by atoms with E-state index < -0.39 is 0 Å². The monoisotopic (exact) mass is 137 g/mol. The van der Waals surface area contributed by atoms with E-state index in [2.05, 4.69) is 22.4 Å². The average molecular weight is 137 g/mol. The highest BCUT2D eigenvalue weighted by Crippen LogP contribution is 2.03. The van der Waals surface area contributed by atoms with E-state index in [1.165, 1.54) is 6.42 Å². The van der Waals surface area contributed by atoms with Crippen molar-refractivity contribution < 1.29 is 0 Å². The van der Waals surface area contributed by atoms with E-state index in [1.54, 1.807) is 0 Å². The van der Waals surface area contributed by atoms with Gasteiger partial charge in [0.15, 0.2) is 5.87 Å². The first-order valence-corrected chi connectivity index (χ1v) is 3.65. The molecule has 0 saturated heterocycles. The van der Waals surface area contributed by atoms with Crippen LogP contribution in [0.2, 0.25) is 0 Å². The minimum absolute atomic E-state index is 0.618. The van der Waals surface area contributed by atoms with E-state index in [-0.39, 0.29) is 0 Å². The zero-order valence-electron chi connectivity index (χ0n) is 6.54. The average Bonchev–Trinajstić information content (AvgIpc) is 2.13. The Morgan fingerprint density at radius 2 is 2.60 bits per heavy atom. The molecule has 0 amide bonds. The standard InChI is InChI=1S/C8H13N2/c1-3-8-4-5-9-7-10(2)6-8/h4,7-8H,3,6H2,1-2H3/q+1. The lowest BCUT2D eigenvalue weighted by Crippen LogP contribution is -2.22. The van der Waals surface area contributed by atoms with Crippen LogP contribution in [-0.2, 0) is 0 Å². The van der Waals surface area contributed by atoms with Crippen molar-refractivity contribution in [3.63, 3.8) is 0 Å². The smallest absolute Gasteiger partial charge is 0.256 e. The normalized spacial score (nSPS) is 23.4. The second kappa shape index (κ2) is 3.26. The van der Waals surface area contributed by atoms with Crippen molar-refractivity contribution in [3.8, 4) is 0 Å². The van der Waals surface area contributed by atoms with Gasteiger partial charge in [0.1, 0.15) is 0 Å². The summed E-state index contributed by atoms with van der Waals surface area (Å²) >= 11 is 0. The summed E-state index contributed by atoms with van der Waals surface area (Å²) in [7, 11) is 2.03. The predicted molar refractivity (Wildman–Crippen MR) is 44.2 cm³/mol. The molecule has 0 bridgehead atoms. The molecule has 1 aliphatic heterocycles. The van der Waals surface area contributed by atoms with Gasteiger partial charge in [0.05, 0.1) is 13.6 Å². The van der Waals surface area contributed by atoms with Crippen LogP contribution in [0.4, 0.5) is 0 Å². The Bertz CT molecular complexity index is 195. The van der Waals surface area contributed by atoms with Gasteiger partial charge >= 0.3 is 6.34 Å². The fourth-order valence-corrected chi connectivity index (χ4v) is 0.997. The molecule has 0 aliphatic carbocycles. The maximum Gasteiger partial charge on any atom is 0.344 e. The molecule has 0 fully saturated rings. The minimum atomic E-state index is 0.618. The first-order valence-electron chi connectivity index (χ1n) is 3.65. The quantitative estimate of drug-likeness (QED) is 0.474. The maximum atomic E-state index is 3.95. The van der Waals surface area contributed by atoms with Crippen molar-refractivity contribution in [2.75, 3.05) is 13.6 Å². The topological polar surface area (TPSA) is 17.3 Å². The van der Waals surface area contributed by atoms with Gasteiger partial charge < -0.3 is 0 Å². The molecule has 10 heavy (non-hydrogen) atoms. The third-order valence-corrected chi connectivity index (χ3v) is 1.69. The molecule has 1 rings (SSSR count). The molecule has 1 heterocycles. The molecule has 0 radical (unpaired) electrons. The number of hydrogen-bond donors (Lipinski definition) is 0. The van der Waals surface area contributed by atoms with Crippen LogP contribution in [0.5, 0.6) is 0 Å². The summed E-state index contributed by atoms with van der Waals surface area (Å²) in [6.45, 7) is 3.25. The highest BCUT2D eigenvalue weighted by Gasteiger charge is 2.10. The van der Waals surface area contributed by atoms with E-state index >= 15 is 0 Å². The van der Waals surface area contributed by atoms with Crippen molar-refractivity contribution >= 4 is 12.2 Å². The Kier molecular flexibility index (Phi) is 2.33. The van der Waals surface area contributed by atoms with Crippen molar-refractivity contribution in [2.24, 2.45) is 5.92 Å². The predicted octanol–water partition coefficient (Wildman–Crippen LogP) is 0.279. The van der Waals surface area contributed by atoms with Gasteiger partial charge in [-0.25, -0.2) is 0 Å². The Hall–Kier alpha value is -0.970. The van der Waals surface area contributed by atoms with E-state index in [4.69, 9.17) is 0 Å². The van der Waals surface area contributed by atoms with Gasteiger partial charge in [0, 0.05) is 12.0 Å². The Morgan fingerprint density at radius 3 is 3.30 bits per heavy atom. The number of rotatable bonds is 1. The van der Waals surface area contributed by atoms with Gasteiger partial charge in [-0.05, 0) is 6.42 Å². The lowest BCUT2D eigenvalue weighted by atomic mass is 10.1. The molecule has 54 valence electrons. The summed E-state index contributed by atoms with van der Waals surface area (Å²) in [4.78, 5) is 2.09. The zero-order chi connectivity index (χ0) is 7.40. The molecule has 2 nitrogen and oxygen atoms in total. The summed E-state index contributed by atoms with van der Waals surface area (Å²) in [6, 6.07) is 0. The highest BCUT2D eigenvalue weighted by atomic mass is 15.1. The molecule has 1 unspecified atom stereocenters. The maximum absolute atomic E-state index is 3.95. The fraction of sp³-hybridized carbons (Fsp3) is 0.625. The molecule has 0 aromatic heterocycles. The first kappa shape index (κ1) is 7.14. The Labute approximate surface area is 61.6 Å². The Morgan fingerprint density at radius 1 is 1.80 bits per heavy atom. The second-order valence-electron chi connectivity index (χ2n) is 2.65. The fourth-order valence-electron chi connectivity index (χ4n) is 0.997. The largest absolute Gasteiger partial charge is 0.344 e. The van der Waals surface area contributed by atoms with E-state index in [1.807, 2.05) is 19.5 Å². The van der Waals surface area contributed by atoms with E-state index in [0.717, 1.165) is 6.54 Å². The van der Waals surface area contributed by atoms with Crippen LogP contribution < -0.4 is 4.67 Å². The van der Waals surface area contributed by atoms with Gasteiger partial charge in [-0.15, -0.1) is 0 Å². The van der Waals surface area contributed by atoms with E-state index in [0.29, 0.717) is 5.92 Å². The first-order chi connectivity index (χ1) is 4.83. The van der Waals surface area contributed by atoms with Gasteiger partial charge in [-0.3, -0.25) is 4.90 Å². The van der Waals surface area contributed by atoms with Crippen molar-refractivity contribution in [1.29, 1.82) is 0 Å². The van der Waals surface area contributed by atoms with Crippen LogP contribution in [0.15, 0.2) is 6.08 Å². The van der Waals surface area contributed by atoms with Crippen LogP contribution in [0.25, 0.3) is 0 Å². The van der Waals surface area contributed by atoms with Crippen molar-refractivity contribution in [3.05, 3.63) is 6.08 Å². The van der Waals surface area contributed by atoms with Crippen LogP contribution >= 0.6 is 0 Å². The zero-order valence-corrected chi connectivity index (χ0v) is 6.54. The van der Waals surface area contributed by atoms with Gasteiger partial charge in [-0.1, -0.05) is 6.92 Å². The van der Waals surface area contributed by atoms with Crippen molar-refractivity contribution in [2.45, 2.75) is 13.3 Å². The molecule has 0 spiro atoms.